The highest BCUT2D eigenvalue weighted by Crippen LogP contribution is 2.48. The summed E-state index contributed by atoms with van der Waals surface area (Å²) < 4.78 is 2.36. The third-order valence-electron chi connectivity index (χ3n) is 4.90. The van der Waals surface area contributed by atoms with Crippen LogP contribution in [0.25, 0.3) is 22.7 Å². The van der Waals surface area contributed by atoms with Gasteiger partial charge in [0.2, 0.25) is 0 Å². The lowest BCUT2D eigenvalue weighted by molar-refractivity contribution is 0.820. The number of benzene rings is 2. The van der Waals surface area contributed by atoms with Gasteiger partial charge in [-0.15, -0.1) is 0 Å². The first-order valence-corrected chi connectivity index (χ1v) is 7.54. The van der Waals surface area contributed by atoms with Crippen LogP contribution in [0.2, 0.25) is 0 Å². The van der Waals surface area contributed by atoms with Crippen LogP contribution in [-0.4, -0.2) is 10.4 Å². The van der Waals surface area contributed by atoms with Crippen molar-refractivity contribution in [3.8, 4) is 5.69 Å². The molecule has 2 heterocycles. The summed E-state index contributed by atoms with van der Waals surface area (Å²) >= 11 is 0. The molecule has 0 saturated carbocycles. The van der Waals surface area contributed by atoms with Gasteiger partial charge >= 0.3 is 0 Å². The second kappa shape index (κ2) is 3.89. The number of nitrogen functional groups attached to an aromatic ring is 1. The van der Waals surface area contributed by atoms with Gasteiger partial charge in [0, 0.05) is 28.1 Å². The van der Waals surface area contributed by atoms with E-state index < -0.39 is 0 Å². The molecule has 5 rings (SSSR count). The second-order valence-corrected chi connectivity index (χ2v) is 6.03. The molecule has 1 aliphatic heterocycles. The first kappa shape index (κ1) is 11.8. The maximum Gasteiger partial charge on any atom is 0.122 e. The monoisotopic (exact) mass is 285 g/mol. The molecule has 3 nitrogen and oxygen atoms in total. The Hall–Kier alpha value is -2.81. The number of hydrogen-bond donors (Lipinski definition) is 2. The van der Waals surface area contributed by atoms with Crippen LogP contribution in [0.4, 0.5) is 0 Å². The molecule has 1 atom stereocenters. The van der Waals surface area contributed by atoms with Gasteiger partial charge in [-0.05, 0) is 24.1 Å². The Morgan fingerprint density at radius 3 is 2.91 bits per heavy atom. The summed E-state index contributed by atoms with van der Waals surface area (Å²) in [4.78, 5) is 0. The number of nitrogens with one attached hydrogen (secondary N) is 1. The Morgan fingerprint density at radius 1 is 1.18 bits per heavy atom. The van der Waals surface area contributed by atoms with Gasteiger partial charge in [0.25, 0.3) is 0 Å². The second-order valence-electron chi connectivity index (χ2n) is 6.03. The maximum absolute atomic E-state index is 7.71. The van der Waals surface area contributed by atoms with Crippen LogP contribution in [-0.2, 0) is 0 Å². The third-order valence-corrected chi connectivity index (χ3v) is 4.90. The van der Waals surface area contributed by atoms with E-state index in [4.69, 9.17) is 11.1 Å². The van der Waals surface area contributed by atoms with Crippen LogP contribution >= 0.6 is 0 Å². The van der Waals surface area contributed by atoms with Crippen LogP contribution in [0.15, 0.2) is 48.5 Å². The summed E-state index contributed by atoms with van der Waals surface area (Å²) in [5.41, 5.74) is 13.0. The van der Waals surface area contributed by atoms with Crippen molar-refractivity contribution < 1.29 is 0 Å². The zero-order chi connectivity index (χ0) is 14.8. The fourth-order valence-corrected chi connectivity index (χ4v) is 3.97. The summed E-state index contributed by atoms with van der Waals surface area (Å²) in [7, 11) is 0. The van der Waals surface area contributed by atoms with Gasteiger partial charge in [0.05, 0.1) is 11.2 Å². The van der Waals surface area contributed by atoms with E-state index in [1.165, 1.54) is 33.4 Å². The fourth-order valence-electron chi connectivity index (χ4n) is 3.97. The van der Waals surface area contributed by atoms with Crippen molar-refractivity contribution in [3.05, 3.63) is 70.9 Å². The first-order chi connectivity index (χ1) is 10.8. The van der Waals surface area contributed by atoms with Crippen LogP contribution < -0.4 is 5.73 Å². The largest absolute Gasteiger partial charge is 0.384 e. The minimum absolute atomic E-state index is 0.123. The number of hydrogen-bond acceptors (Lipinski definition) is 1. The molecule has 3 N–H and O–H groups in total. The van der Waals surface area contributed by atoms with E-state index in [-0.39, 0.29) is 5.84 Å². The minimum Gasteiger partial charge on any atom is -0.384 e. The Morgan fingerprint density at radius 2 is 2.05 bits per heavy atom. The molecule has 1 unspecified atom stereocenters. The summed E-state index contributed by atoms with van der Waals surface area (Å²) in [5.74, 6) is 0.542. The minimum atomic E-state index is 0.123. The molecule has 0 saturated heterocycles. The molecule has 0 radical (unpaired) electrons. The van der Waals surface area contributed by atoms with Crippen molar-refractivity contribution in [1.29, 1.82) is 5.41 Å². The third kappa shape index (κ3) is 1.29. The predicted molar refractivity (Wildman–Crippen MR) is 89.8 cm³/mol. The fraction of sp³-hybridized carbons (Fsp3) is 0.105. The number of amidine groups is 1. The summed E-state index contributed by atoms with van der Waals surface area (Å²) in [6.45, 7) is 0. The van der Waals surface area contributed by atoms with Crippen molar-refractivity contribution >= 4 is 22.8 Å². The highest BCUT2D eigenvalue weighted by Gasteiger charge is 2.34. The molecule has 0 bridgehead atoms. The molecular formula is C19H15N3. The van der Waals surface area contributed by atoms with E-state index in [0.29, 0.717) is 5.92 Å². The van der Waals surface area contributed by atoms with Crippen molar-refractivity contribution in [2.75, 3.05) is 0 Å². The number of aromatic nitrogens is 1. The van der Waals surface area contributed by atoms with Gasteiger partial charge < -0.3 is 10.3 Å². The molecule has 0 spiro atoms. The van der Waals surface area contributed by atoms with Crippen LogP contribution in [0.5, 0.6) is 0 Å². The molecule has 1 aromatic heterocycles. The Balaban J connectivity index is 1.94. The molecule has 106 valence electrons. The Labute approximate surface area is 128 Å². The zero-order valence-corrected chi connectivity index (χ0v) is 12.0. The molecule has 0 fully saturated rings. The summed E-state index contributed by atoms with van der Waals surface area (Å²) in [6, 6.07) is 14.7. The number of nitrogens with two attached hydrogens (primary N) is 1. The van der Waals surface area contributed by atoms with Gasteiger partial charge in [0.1, 0.15) is 5.84 Å². The zero-order valence-electron chi connectivity index (χ0n) is 12.0. The molecule has 2 aliphatic rings. The smallest absolute Gasteiger partial charge is 0.122 e. The first-order valence-electron chi connectivity index (χ1n) is 7.54. The summed E-state index contributed by atoms with van der Waals surface area (Å²) in [5, 5.41) is 9.02. The molecule has 3 aromatic rings. The lowest BCUT2D eigenvalue weighted by atomic mass is 9.87. The van der Waals surface area contributed by atoms with Crippen molar-refractivity contribution in [2.45, 2.75) is 12.3 Å². The average molecular weight is 285 g/mol. The van der Waals surface area contributed by atoms with Gasteiger partial charge in [-0.2, -0.15) is 0 Å². The lowest BCUT2D eigenvalue weighted by Crippen LogP contribution is -2.11. The normalized spacial score (nSPS) is 17.5. The van der Waals surface area contributed by atoms with E-state index >= 15 is 0 Å². The van der Waals surface area contributed by atoms with Crippen LogP contribution in [0.3, 0.4) is 0 Å². The van der Waals surface area contributed by atoms with Crippen LogP contribution in [0, 0.1) is 5.41 Å². The van der Waals surface area contributed by atoms with E-state index in [0.717, 1.165) is 12.0 Å². The standard InChI is InChI=1S/C19H15N3/c20-19(21)11-8-9-13-15-6-3-5-14-12-4-1-2-7-16(12)22(18(14)15)17(13)10-11/h1-5,7-10,15H,6H2,(H3,20,21). The van der Waals surface area contributed by atoms with E-state index in [1.54, 1.807) is 0 Å². The highest BCUT2D eigenvalue weighted by atomic mass is 15.0. The van der Waals surface area contributed by atoms with Crippen LogP contribution in [0.1, 0.15) is 34.7 Å². The maximum atomic E-state index is 7.71. The lowest BCUT2D eigenvalue weighted by Gasteiger charge is -2.14. The Kier molecular flexibility index (Phi) is 2.09. The topological polar surface area (TPSA) is 54.8 Å². The molecule has 1 aliphatic carbocycles. The van der Waals surface area contributed by atoms with Crippen molar-refractivity contribution in [3.63, 3.8) is 0 Å². The van der Waals surface area contributed by atoms with E-state index in [1.807, 2.05) is 6.07 Å². The van der Waals surface area contributed by atoms with Gasteiger partial charge in [-0.25, -0.2) is 0 Å². The number of nitrogens with zero attached hydrogens (tertiary/aromatic N) is 1. The SMILES string of the molecule is N=C(N)c1ccc2c(c1)-n1c3c(c4ccccc41)C=CCC23. The van der Waals surface area contributed by atoms with E-state index in [9.17, 15) is 0 Å². The number of allylic oxidation sites excluding steroid dienone is 1. The van der Waals surface area contributed by atoms with Gasteiger partial charge in [-0.3, -0.25) is 5.41 Å². The number of para-hydroxylation sites is 1. The van der Waals surface area contributed by atoms with Gasteiger partial charge in [0.15, 0.2) is 0 Å². The molecular weight excluding hydrogens is 270 g/mol. The highest BCUT2D eigenvalue weighted by molar-refractivity contribution is 5.98. The van der Waals surface area contributed by atoms with E-state index in [2.05, 4.69) is 53.1 Å². The Bertz CT molecular complexity index is 991. The summed E-state index contributed by atoms with van der Waals surface area (Å²) in [6.07, 6.45) is 5.57. The quantitative estimate of drug-likeness (QED) is 0.519. The predicted octanol–water partition coefficient (Wildman–Crippen LogP) is 3.78. The van der Waals surface area contributed by atoms with Crippen molar-refractivity contribution in [2.24, 2.45) is 5.73 Å². The molecule has 0 amide bonds. The molecule has 3 heteroatoms. The average Bonchev–Trinajstić information content (AvgIpc) is 3.06. The molecule has 22 heavy (non-hydrogen) atoms. The molecule has 2 aromatic carbocycles. The number of rotatable bonds is 1. The van der Waals surface area contributed by atoms with Crippen molar-refractivity contribution in [1.82, 2.24) is 4.57 Å². The van der Waals surface area contributed by atoms with Gasteiger partial charge in [-0.1, -0.05) is 42.5 Å². The number of fused-ring (bicyclic) bond motifs is 6.